The Morgan fingerprint density at radius 2 is 2.15 bits per heavy atom. The van der Waals surface area contributed by atoms with Gasteiger partial charge in [-0.15, -0.1) is 11.6 Å². The number of aromatic nitrogens is 1. The van der Waals surface area contributed by atoms with Crippen LogP contribution in [0.25, 0.3) is 0 Å². The summed E-state index contributed by atoms with van der Waals surface area (Å²) in [6.07, 6.45) is 0. The van der Waals surface area contributed by atoms with Crippen LogP contribution in [-0.4, -0.2) is 4.98 Å². The van der Waals surface area contributed by atoms with Gasteiger partial charge in [0.1, 0.15) is 18.2 Å². The van der Waals surface area contributed by atoms with E-state index in [1.54, 1.807) is 12.1 Å². The maximum Gasteiger partial charge on any atom is 0.142 e. The zero-order valence-corrected chi connectivity index (χ0v) is 11.6. The summed E-state index contributed by atoms with van der Waals surface area (Å²) in [5.74, 6) is 0.335. The second-order valence-corrected chi connectivity index (χ2v) is 4.51. The highest BCUT2D eigenvalue weighted by atomic mass is 35.5. The van der Waals surface area contributed by atoms with Crippen LogP contribution in [0, 0.1) is 24.1 Å². The van der Waals surface area contributed by atoms with Crippen molar-refractivity contribution >= 4 is 11.6 Å². The minimum atomic E-state index is -0.406. The number of benzene rings is 1. The third-order valence-electron chi connectivity index (χ3n) is 2.76. The molecule has 0 saturated carbocycles. The van der Waals surface area contributed by atoms with Crippen molar-refractivity contribution in [2.24, 2.45) is 0 Å². The van der Waals surface area contributed by atoms with E-state index in [1.165, 1.54) is 18.2 Å². The first-order valence-corrected chi connectivity index (χ1v) is 6.51. The Morgan fingerprint density at radius 1 is 1.35 bits per heavy atom. The molecule has 0 atom stereocenters. The molecule has 0 aliphatic rings. The number of rotatable bonds is 4. The average Bonchev–Trinajstić information content (AvgIpc) is 2.47. The predicted molar refractivity (Wildman–Crippen MR) is 74.0 cm³/mol. The van der Waals surface area contributed by atoms with Crippen LogP contribution in [0.15, 0.2) is 30.3 Å². The van der Waals surface area contributed by atoms with E-state index in [1.807, 2.05) is 13.0 Å². The summed E-state index contributed by atoms with van der Waals surface area (Å²) in [7, 11) is 0. The normalized spacial score (nSPS) is 10.1. The highest BCUT2D eigenvalue weighted by Crippen LogP contribution is 2.21. The van der Waals surface area contributed by atoms with Crippen LogP contribution in [0.2, 0.25) is 0 Å². The molecule has 2 rings (SSSR count). The van der Waals surface area contributed by atoms with Gasteiger partial charge in [-0.25, -0.2) is 4.39 Å². The lowest BCUT2D eigenvalue weighted by Gasteiger charge is -2.10. The second-order valence-electron chi connectivity index (χ2n) is 4.24. The second kappa shape index (κ2) is 6.36. The number of nitriles is 1. The van der Waals surface area contributed by atoms with Crippen LogP contribution in [-0.2, 0) is 12.5 Å². The lowest BCUT2D eigenvalue weighted by atomic mass is 10.1. The van der Waals surface area contributed by atoms with E-state index in [-0.39, 0.29) is 12.5 Å². The van der Waals surface area contributed by atoms with Gasteiger partial charge < -0.3 is 4.74 Å². The van der Waals surface area contributed by atoms with E-state index >= 15 is 0 Å². The molecular formula is C15H12ClFN2O. The molecule has 0 fully saturated rings. The summed E-state index contributed by atoms with van der Waals surface area (Å²) in [6, 6.07) is 9.68. The highest BCUT2D eigenvalue weighted by molar-refractivity contribution is 6.17. The lowest BCUT2D eigenvalue weighted by Crippen LogP contribution is -2.02. The van der Waals surface area contributed by atoms with Crippen molar-refractivity contribution in [3.8, 4) is 11.8 Å². The van der Waals surface area contributed by atoms with Crippen LogP contribution in [0.4, 0.5) is 4.39 Å². The van der Waals surface area contributed by atoms with E-state index in [9.17, 15) is 4.39 Å². The lowest BCUT2D eigenvalue weighted by molar-refractivity contribution is 0.296. The van der Waals surface area contributed by atoms with Crippen LogP contribution in [0.1, 0.15) is 22.5 Å². The molecule has 0 saturated heterocycles. The quantitative estimate of drug-likeness (QED) is 0.806. The van der Waals surface area contributed by atoms with Gasteiger partial charge in [-0.2, -0.15) is 5.26 Å². The van der Waals surface area contributed by atoms with Gasteiger partial charge in [0.05, 0.1) is 23.2 Å². The maximum absolute atomic E-state index is 13.6. The Hall–Kier alpha value is -2.12. The number of hydrogen-bond donors (Lipinski definition) is 0. The molecule has 0 N–H and O–H groups in total. The summed E-state index contributed by atoms with van der Waals surface area (Å²) < 4.78 is 19.2. The third-order valence-corrected chi connectivity index (χ3v) is 3.01. The number of alkyl halides is 1. The van der Waals surface area contributed by atoms with Gasteiger partial charge in [0, 0.05) is 11.3 Å². The molecule has 0 aliphatic heterocycles. The van der Waals surface area contributed by atoms with E-state index < -0.39 is 5.82 Å². The van der Waals surface area contributed by atoms with Gasteiger partial charge in [-0.3, -0.25) is 4.98 Å². The van der Waals surface area contributed by atoms with E-state index in [2.05, 4.69) is 4.98 Å². The number of halogens is 2. The molecule has 0 aliphatic carbocycles. The molecule has 2 aromatic rings. The van der Waals surface area contributed by atoms with Crippen LogP contribution < -0.4 is 4.74 Å². The Bertz CT molecular complexity index is 667. The SMILES string of the molecule is Cc1ccc(OCc2cc(C#N)ccc2F)c(CCl)n1. The van der Waals surface area contributed by atoms with Crippen molar-refractivity contribution < 1.29 is 9.13 Å². The molecule has 0 bridgehead atoms. The number of hydrogen-bond acceptors (Lipinski definition) is 3. The maximum atomic E-state index is 13.6. The molecule has 102 valence electrons. The molecule has 0 spiro atoms. The molecule has 1 aromatic carbocycles. The van der Waals surface area contributed by atoms with Crippen molar-refractivity contribution in [1.29, 1.82) is 5.26 Å². The number of nitrogens with zero attached hydrogens (tertiary/aromatic N) is 2. The molecule has 3 nitrogen and oxygen atoms in total. The highest BCUT2D eigenvalue weighted by Gasteiger charge is 2.08. The first kappa shape index (κ1) is 14.3. The molecule has 5 heteroatoms. The first-order valence-electron chi connectivity index (χ1n) is 5.98. The van der Waals surface area contributed by atoms with Crippen molar-refractivity contribution in [2.75, 3.05) is 0 Å². The zero-order chi connectivity index (χ0) is 14.5. The Kier molecular flexibility index (Phi) is 4.54. The standard InChI is InChI=1S/C15H12ClFN2O/c1-10-2-5-15(14(7-16)19-10)20-9-12-6-11(8-18)3-4-13(12)17/h2-6H,7,9H2,1H3. The fourth-order valence-electron chi connectivity index (χ4n) is 1.74. The van der Waals surface area contributed by atoms with E-state index in [0.29, 0.717) is 22.6 Å². The number of pyridine rings is 1. The van der Waals surface area contributed by atoms with Crippen LogP contribution in [0.5, 0.6) is 5.75 Å². The fraction of sp³-hybridized carbons (Fsp3) is 0.200. The number of ether oxygens (including phenoxy) is 1. The predicted octanol–water partition coefficient (Wildman–Crippen LogP) is 3.72. The van der Waals surface area contributed by atoms with Gasteiger partial charge in [-0.1, -0.05) is 0 Å². The summed E-state index contributed by atoms with van der Waals surface area (Å²) in [4.78, 5) is 4.26. The third kappa shape index (κ3) is 3.25. The largest absolute Gasteiger partial charge is 0.487 e. The van der Waals surface area contributed by atoms with Crippen molar-refractivity contribution in [3.63, 3.8) is 0 Å². The van der Waals surface area contributed by atoms with Crippen molar-refractivity contribution in [3.05, 3.63) is 58.7 Å². The van der Waals surface area contributed by atoms with Crippen molar-refractivity contribution in [2.45, 2.75) is 19.4 Å². The molecular weight excluding hydrogens is 279 g/mol. The topological polar surface area (TPSA) is 45.9 Å². The van der Waals surface area contributed by atoms with Crippen LogP contribution in [0.3, 0.4) is 0 Å². The Labute approximate surface area is 121 Å². The summed E-state index contributed by atoms with van der Waals surface area (Å²) in [5.41, 5.74) is 2.17. The van der Waals surface area contributed by atoms with Gasteiger partial charge in [0.15, 0.2) is 0 Å². The van der Waals surface area contributed by atoms with Gasteiger partial charge in [0.2, 0.25) is 0 Å². The Balaban J connectivity index is 2.19. The van der Waals surface area contributed by atoms with Crippen LogP contribution >= 0.6 is 11.6 Å². The van der Waals surface area contributed by atoms with E-state index in [0.717, 1.165) is 5.69 Å². The summed E-state index contributed by atoms with van der Waals surface area (Å²) in [6.45, 7) is 1.88. The summed E-state index contributed by atoms with van der Waals surface area (Å²) >= 11 is 5.81. The summed E-state index contributed by atoms with van der Waals surface area (Å²) in [5, 5.41) is 8.81. The monoisotopic (exact) mass is 290 g/mol. The first-order chi connectivity index (χ1) is 9.63. The minimum Gasteiger partial charge on any atom is -0.487 e. The average molecular weight is 291 g/mol. The molecule has 0 unspecified atom stereocenters. The zero-order valence-electron chi connectivity index (χ0n) is 10.9. The molecule has 1 heterocycles. The molecule has 0 amide bonds. The van der Waals surface area contributed by atoms with Gasteiger partial charge in [-0.05, 0) is 37.3 Å². The molecule has 0 radical (unpaired) electrons. The van der Waals surface area contributed by atoms with E-state index in [4.69, 9.17) is 21.6 Å². The van der Waals surface area contributed by atoms with Gasteiger partial charge in [0.25, 0.3) is 0 Å². The van der Waals surface area contributed by atoms with Gasteiger partial charge >= 0.3 is 0 Å². The van der Waals surface area contributed by atoms with Crippen molar-refractivity contribution in [1.82, 2.24) is 4.98 Å². The fourth-order valence-corrected chi connectivity index (χ4v) is 1.93. The number of aryl methyl sites for hydroxylation is 1. The smallest absolute Gasteiger partial charge is 0.142 e. The molecule has 1 aromatic heterocycles. The minimum absolute atomic E-state index is 0.0238. The molecule has 20 heavy (non-hydrogen) atoms. The Morgan fingerprint density at radius 3 is 2.85 bits per heavy atom.